The SMILES string of the molecule is Cc1[nH]c(/C=C2\C(=O)Nc3cc(NC(=O)Nc4cc(C(C)(C)C)on4)c(F)cc32)c(C)c1NC(=O)CCCl. The maximum absolute atomic E-state index is 15.0. The fraction of sp³-hybridized carbons (Fsp3) is 0.308. The minimum Gasteiger partial charge on any atom is -0.359 e. The minimum atomic E-state index is -0.731. The number of carbonyl (C=O) groups is 3. The van der Waals surface area contributed by atoms with Gasteiger partial charge < -0.3 is 25.5 Å². The summed E-state index contributed by atoms with van der Waals surface area (Å²) in [5.74, 6) is -0.427. The highest BCUT2D eigenvalue weighted by Gasteiger charge is 2.28. The zero-order chi connectivity index (χ0) is 27.8. The summed E-state index contributed by atoms with van der Waals surface area (Å²) < 4.78 is 20.2. The number of aromatic amines is 1. The number of hydrogen-bond acceptors (Lipinski definition) is 5. The Balaban J connectivity index is 1.55. The molecule has 5 N–H and O–H groups in total. The molecular weight excluding hydrogens is 515 g/mol. The molecule has 0 bridgehead atoms. The van der Waals surface area contributed by atoms with Crippen LogP contribution in [0.4, 0.5) is 32.1 Å². The van der Waals surface area contributed by atoms with Gasteiger partial charge in [0.25, 0.3) is 5.91 Å². The van der Waals surface area contributed by atoms with E-state index in [1.807, 2.05) is 20.8 Å². The number of nitrogens with zero attached hydrogens (tertiary/aromatic N) is 1. The second kappa shape index (κ2) is 10.3. The number of carbonyl (C=O) groups excluding carboxylic acids is 3. The first-order valence-corrected chi connectivity index (χ1v) is 12.4. The highest BCUT2D eigenvalue weighted by atomic mass is 35.5. The lowest BCUT2D eigenvalue weighted by atomic mass is 9.93. The van der Waals surface area contributed by atoms with Gasteiger partial charge in [0.1, 0.15) is 11.6 Å². The Morgan fingerprint density at radius 1 is 1.16 bits per heavy atom. The first-order valence-electron chi connectivity index (χ1n) is 11.8. The molecule has 1 aromatic carbocycles. The number of amides is 4. The van der Waals surface area contributed by atoms with Gasteiger partial charge in [-0.3, -0.25) is 14.9 Å². The van der Waals surface area contributed by atoms with Crippen molar-refractivity contribution in [3.63, 3.8) is 0 Å². The smallest absolute Gasteiger partial charge is 0.325 e. The van der Waals surface area contributed by atoms with Crippen LogP contribution >= 0.6 is 11.6 Å². The standard InChI is InChI=1S/C26H28ClFN6O4/c1-12-17(29-13(2)23(12)33-22(35)6-7-27)9-15-14-8-16(28)19(10-18(14)30-24(15)36)31-25(37)32-21-11-20(38-34-21)26(3,4)5/h8-11,29H,6-7H2,1-5H3,(H,30,36)(H,33,35)(H2,31,32,34,37)/b15-9-. The molecule has 4 rings (SSSR count). The number of alkyl halides is 1. The van der Waals surface area contributed by atoms with Gasteiger partial charge in [0.15, 0.2) is 5.82 Å². The molecule has 0 radical (unpaired) electrons. The van der Waals surface area contributed by atoms with Crippen molar-refractivity contribution in [3.8, 4) is 0 Å². The van der Waals surface area contributed by atoms with Gasteiger partial charge in [0.05, 0.1) is 22.6 Å². The lowest BCUT2D eigenvalue weighted by Crippen LogP contribution is -2.20. The van der Waals surface area contributed by atoms with Crippen LogP contribution in [0.5, 0.6) is 0 Å². The Morgan fingerprint density at radius 2 is 1.89 bits per heavy atom. The molecule has 1 aliphatic rings. The molecule has 0 saturated heterocycles. The van der Waals surface area contributed by atoms with Gasteiger partial charge in [-0.25, -0.2) is 9.18 Å². The van der Waals surface area contributed by atoms with Crippen molar-refractivity contribution in [1.29, 1.82) is 0 Å². The number of anilines is 4. The Bertz CT molecular complexity index is 1470. The average Bonchev–Trinajstić information content (AvgIpc) is 3.48. The molecule has 0 aliphatic carbocycles. The number of urea groups is 1. The van der Waals surface area contributed by atoms with Crippen molar-refractivity contribution in [2.45, 2.75) is 46.5 Å². The van der Waals surface area contributed by atoms with E-state index >= 15 is 0 Å². The van der Waals surface area contributed by atoms with Crippen LogP contribution in [0.1, 0.15) is 55.5 Å². The van der Waals surface area contributed by atoms with Crippen LogP contribution in [0, 0.1) is 19.7 Å². The van der Waals surface area contributed by atoms with Crippen LogP contribution in [0.2, 0.25) is 0 Å². The van der Waals surface area contributed by atoms with E-state index in [1.54, 1.807) is 26.0 Å². The highest BCUT2D eigenvalue weighted by Crippen LogP contribution is 2.37. The average molecular weight is 543 g/mol. The predicted octanol–water partition coefficient (Wildman–Crippen LogP) is 5.76. The predicted molar refractivity (Wildman–Crippen MR) is 145 cm³/mol. The number of halogens is 2. The lowest BCUT2D eigenvalue weighted by Gasteiger charge is -2.12. The summed E-state index contributed by atoms with van der Waals surface area (Å²) in [5.41, 5.74) is 3.10. The highest BCUT2D eigenvalue weighted by molar-refractivity contribution is 6.35. The third-order valence-corrected chi connectivity index (χ3v) is 6.17. The summed E-state index contributed by atoms with van der Waals surface area (Å²) in [7, 11) is 0. The van der Waals surface area contributed by atoms with Crippen LogP contribution in [-0.2, 0) is 15.0 Å². The number of rotatable bonds is 6. The van der Waals surface area contributed by atoms with Crippen molar-refractivity contribution >= 4 is 64.0 Å². The zero-order valence-electron chi connectivity index (χ0n) is 21.6. The maximum atomic E-state index is 15.0. The van der Waals surface area contributed by atoms with Crippen molar-refractivity contribution in [3.05, 3.63) is 52.3 Å². The van der Waals surface area contributed by atoms with Gasteiger partial charge in [-0.15, -0.1) is 11.6 Å². The molecule has 1 aliphatic heterocycles. The number of aromatic nitrogens is 2. The van der Waals surface area contributed by atoms with E-state index < -0.39 is 17.8 Å². The van der Waals surface area contributed by atoms with Gasteiger partial charge >= 0.3 is 6.03 Å². The van der Waals surface area contributed by atoms with E-state index in [0.717, 1.165) is 5.56 Å². The van der Waals surface area contributed by atoms with Crippen LogP contribution in [0.15, 0.2) is 22.7 Å². The van der Waals surface area contributed by atoms with Gasteiger partial charge in [-0.05, 0) is 37.6 Å². The summed E-state index contributed by atoms with van der Waals surface area (Å²) in [6.07, 6.45) is 1.76. The molecule has 10 nitrogen and oxygen atoms in total. The molecule has 3 heterocycles. The van der Waals surface area contributed by atoms with E-state index in [0.29, 0.717) is 34.1 Å². The van der Waals surface area contributed by atoms with E-state index in [4.69, 9.17) is 16.1 Å². The van der Waals surface area contributed by atoms with E-state index in [1.165, 1.54) is 12.1 Å². The Hall–Kier alpha value is -4.12. The zero-order valence-corrected chi connectivity index (χ0v) is 22.3. The van der Waals surface area contributed by atoms with Crippen LogP contribution in [-0.4, -0.2) is 33.9 Å². The number of H-pyrrole nitrogens is 1. The molecule has 0 fully saturated rings. The number of aryl methyl sites for hydroxylation is 1. The fourth-order valence-corrected chi connectivity index (χ4v) is 4.12. The van der Waals surface area contributed by atoms with Gasteiger partial charge in [0.2, 0.25) is 5.91 Å². The van der Waals surface area contributed by atoms with Gasteiger partial charge in [-0.2, -0.15) is 0 Å². The molecular formula is C26H28ClFN6O4. The van der Waals surface area contributed by atoms with Crippen LogP contribution < -0.4 is 21.3 Å². The molecule has 0 atom stereocenters. The Morgan fingerprint density at radius 3 is 2.55 bits per heavy atom. The number of hydrogen-bond donors (Lipinski definition) is 5. The summed E-state index contributed by atoms with van der Waals surface area (Å²) in [6.45, 7) is 9.40. The van der Waals surface area contributed by atoms with E-state index in [9.17, 15) is 18.8 Å². The first-order chi connectivity index (χ1) is 17.9. The number of fused-ring (bicyclic) bond motifs is 1. The van der Waals surface area contributed by atoms with Crippen LogP contribution in [0.25, 0.3) is 11.6 Å². The van der Waals surface area contributed by atoms with Crippen molar-refractivity contribution in [1.82, 2.24) is 10.1 Å². The minimum absolute atomic E-state index is 0.126. The topological polar surface area (TPSA) is 141 Å². The van der Waals surface area contributed by atoms with E-state index in [-0.39, 0.29) is 40.7 Å². The molecule has 200 valence electrons. The normalized spacial score (nSPS) is 13.9. The summed E-state index contributed by atoms with van der Waals surface area (Å²) in [5, 5.41) is 14.3. The third kappa shape index (κ3) is 5.57. The monoisotopic (exact) mass is 542 g/mol. The summed E-state index contributed by atoms with van der Waals surface area (Å²) in [6, 6.07) is 3.39. The van der Waals surface area contributed by atoms with Gasteiger partial charge in [-0.1, -0.05) is 25.9 Å². The molecule has 2 aromatic heterocycles. The second-order valence-electron chi connectivity index (χ2n) is 9.95. The second-order valence-corrected chi connectivity index (χ2v) is 10.3. The van der Waals surface area contributed by atoms with Crippen LogP contribution in [0.3, 0.4) is 0 Å². The summed E-state index contributed by atoms with van der Waals surface area (Å²) in [4.78, 5) is 40.3. The molecule has 0 unspecified atom stereocenters. The fourth-order valence-electron chi connectivity index (χ4n) is 3.95. The van der Waals surface area contributed by atoms with Gasteiger partial charge in [0, 0.05) is 40.7 Å². The summed E-state index contributed by atoms with van der Waals surface area (Å²) >= 11 is 5.64. The third-order valence-electron chi connectivity index (χ3n) is 5.98. The molecule has 4 amide bonds. The van der Waals surface area contributed by atoms with Crippen molar-refractivity contribution in [2.24, 2.45) is 0 Å². The molecule has 0 spiro atoms. The van der Waals surface area contributed by atoms with E-state index in [2.05, 4.69) is 31.4 Å². The number of benzene rings is 1. The lowest BCUT2D eigenvalue weighted by molar-refractivity contribution is -0.115. The Labute approximate surface area is 223 Å². The molecule has 38 heavy (non-hydrogen) atoms. The quantitative estimate of drug-likeness (QED) is 0.199. The molecule has 12 heteroatoms. The van der Waals surface area contributed by atoms with Crippen molar-refractivity contribution in [2.75, 3.05) is 27.1 Å². The number of nitrogens with one attached hydrogen (secondary N) is 5. The first kappa shape index (κ1) is 26.9. The Kier molecular flexibility index (Phi) is 7.32. The van der Waals surface area contributed by atoms with Crippen molar-refractivity contribution < 1.29 is 23.3 Å². The largest absolute Gasteiger partial charge is 0.359 e. The molecule has 0 saturated carbocycles. The maximum Gasteiger partial charge on any atom is 0.325 e. The molecule has 3 aromatic rings.